The van der Waals surface area contributed by atoms with Crippen molar-refractivity contribution in [2.24, 2.45) is 5.92 Å². The van der Waals surface area contributed by atoms with E-state index in [2.05, 4.69) is 17.2 Å². The highest BCUT2D eigenvalue weighted by Gasteiger charge is 2.33. The first kappa shape index (κ1) is 19.9. The molecule has 0 radical (unpaired) electrons. The van der Waals surface area contributed by atoms with Gasteiger partial charge in [0.05, 0.1) is 11.3 Å². The highest BCUT2D eigenvalue weighted by molar-refractivity contribution is 6.05. The minimum absolute atomic E-state index is 0.118. The molecule has 1 unspecified atom stereocenters. The molecule has 2 heterocycles. The van der Waals surface area contributed by atoms with Crippen molar-refractivity contribution in [2.45, 2.75) is 25.9 Å². The van der Waals surface area contributed by atoms with Gasteiger partial charge in [-0.3, -0.25) is 14.6 Å². The van der Waals surface area contributed by atoms with Gasteiger partial charge in [0.15, 0.2) is 0 Å². The van der Waals surface area contributed by atoms with Crippen LogP contribution < -0.4 is 5.32 Å². The van der Waals surface area contributed by atoms with Crippen molar-refractivity contribution in [1.29, 1.82) is 0 Å². The van der Waals surface area contributed by atoms with Crippen molar-refractivity contribution in [2.75, 3.05) is 18.4 Å². The number of alkyl halides is 3. The average molecular weight is 391 g/mol. The summed E-state index contributed by atoms with van der Waals surface area (Å²) in [5.41, 5.74) is -1.13. The summed E-state index contributed by atoms with van der Waals surface area (Å²) in [4.78, 5) is 30.7. The summed E-state index contributed by atoms with van der Waals surface area (Å²) in [5, 5.41) is 2.24. The Morgan fingerprint density at radius 1 is 1.21 bits per heavy atom. The molecule has 1 saturated heterocycles. The quantitative estimate of drug-likeness (QED) is 0.852. The number of nitrogens with zero attached hydrogens (tertiary/aromatic N) is 2. The highest BCUT2D eigenvalue weighted by atomic mass is 19.4. The first-order valence-electron chi connectivity index (χ1n) is 8.98. The Kier molecular flexibility index (Phi) is 5.67. The molecule has 1 aliphatic heterocycles. The number of anilines is 1. The van der Waals surface area contributed by atoms with Gasteiger partial charge in [0.1, 0.15) is 5.69 Å². The van der Waals surface area contributed by atoms with Gasteiger partial charge in [-0.05, 0) is 43.0 Å². The van der Waals surface area contributed by atoms with Crippen molar-refractivity contribution >= 4 is 17.5 Å². The number of piperidine rings is 1. The summed E-state index contributed by atoms with van der Waals surface area (Å²) >= 11 is 0. The van der Waals surface area contributed by atoms with Crippen LogP contribution in [0, 0.1) is 5.92 Å². The van der Waals surface area contributed by atoms with Gasteiger partial charge in [-0.1, -0.05) is 19.1 Å². The number of carbonyl (C=O) groups excluding carboxylic acids is 2. The van der Waals surface area contributed by atoms with Crippen molar-refractivity contribution in [1.82, 2.24) is 9.88 Å². The third kappa shape index (κ3) is 4.49. The number of para-hydroxylation sites is 1. The van der Waals surface area contributed by atoms with Gasteiger partial charge in [0.25, 0.3) is 11.8 Å². The molecule has 2 aromatic rings. The van der Waals surface area contributed by atoms with Crippen LogP contribution >= 0.6 is 0 Å². The van der Waals surface area contributed by atoms with Crippen LogP contribution in [0.15, 0.2) is 42.6 Å². The first-order valence-corrected chi connectivity index (χ1v) is 8.98. The lowest BCUT2D eigenvalue weighted by Gasteiger charge is -2.31. The Morgan fingerprint density at radius 3 is 2.68 bits per heavy atom. The fourth-order valence-electron chi connectivity index (χ4n) is 3.27. The van der Waals surface area contributed by atoms with E-state index >= 15 is 0 Å². The van der Waals surface area contributed by atoms with Gasteiger partial charge in [0, 0.05) is 24.8 Å². The van der Waals surface area contributed by atoms with Gasteiger partial charge in [-0.25, -0.2) is 0 Å². The summed E-state index contributed by atoms with van der Waals surface area (Å²) in [6.07, 6.45) is -1.31. The molecule has 1 aliphatic rings. The molecule has 8 heteroatoms. The second-order valence-electron chi connectivity index (χ2n) is 6.93. The fraction of sp³-hybridized carbons (Fsp3) is 0.350. The molecule has 1 aromatic carbocycles. The zero-order valence-corrected chi connectivity index (χ0v) is 15.3. The third-order valence-corrected chi connectivity index (χ3v) is 4.66. The number of rotatable bonds is 3. The van der Waals surface area contributed by atoms with Crippen LogP contribution in [0.2, 0.25) is 0 Å². The zero-order valence-electron chi connectivity index (χ0n) is 15.3. The maximum atomic E-state index is 13.1. The Hall–Kier alpha value is -2.90. The summed E-state index contributed by atoms with van der Waals surface area (Å²) in [7, 11) is 0. The third-order valence-electron chi connectivity index (χ3n) is 4.66. The number of halogens is 3. The normalized spacial score (nSPS) is 17.3. The van der Waals surface area contributed by atoms with Gasteiger partial charge < -0.3 is 10.2 Å². The molecule has 0 bridgehead atoms. The predicted octanol–water partition coefficient (Wildman–Crippen LogP) is 4.22. The molecule has 1 fully saturated rings. The molecular formula is C20H20F3N3O2. The number of carbonyl (C=O) groups is 2. The molecular weight excluding hydrogens is 371 g/mol. The Labute approximate surface area is 160 Å². The number of benzene rings is 1. The first-order chi connectivity index (χ1) is 13.3. The molecule has 28 heavy (non-hydrogen) atoms. The van der Waals surface area contributed by atoms with Crippen LogP contribution in [0.25, 0.3) is 0 Å². The topological polar surface area (TPSA) is 62.3 Å². The van der Waals surface area contributed by atoms with Crippen LogP contribution in [0.4, 0.5) is 18.9 Å². The van der Waals surface area contributed by atoms with E-state index in [1.54, 1.807) is 4.90 Å². The van der Waals surface area contributed by atoms with E-state index < -0.39 is 17.6 Å². The summed E-state index contributed by atoms with van der Waals surface area (Å²) < 4.78 is 39.3. The monoisotopic (exact) mass is 391 g/mol. The molecule has 0 saturated carbocycles. The number of aromatic nitrogens is 1. The van der Waals surface area contributed by atoms with Crippen molar-refractivity contribution in [3.05, 3.63) is 59.4 Å². The number of nitrogens with one attached hydrogen (secondary N) is 1. The van der Waals surface area contributed by atoms with E-state index in [0.29, 0.717) is 24.6 Å². The predicted molar refractivity (Wildman–Crippen MR) is 97.9 cm³/mol. The van der Waals surface area contributed by atoms with Crippen LogP contribution in [-0.2, 0) is 6.18 Å². The largest absolute Gasteiger partial charge is 0.418 e. The van der Waals surface area contributed by atoms with E-state index in [1.165, 1.54) is 36.5 Å². The van der Waals surface area contributed by atoms with E-state index in [0.717, 1.165) is 18.9 Å². The number of amides is 2. The van der Waals surface area contributed by atoms with E-state index in [9.17, 15) is 22.8 Å². The molecule has 2 amide bonds. The maximum absolute atomic E-state index is 13.1. The minimum Gasteiger partial charge on any atom is -0.338 e. The van der Waals surface area contributed by atoms with Gasteiger partial charge in [0.2, 0.25) is 0 Å². The maximum Gasteiger partial charge on any atom is 0.418 e. The summed E-state index contributed by atoms with van der Waals surface area (Å²) in [6, 6.07) is 7.52. The fourth-order valence-corrected chi connectivity index (χ4v) is 3.27. The van der Waals surface area contributed by atoms with E-state index in [-0.39, 0.29) is 17.3 Å². The second-order valence-corrected chi connectivity index (χ2v) is 6.93. The number of hydrogen-bond acceptors (Lipinski definition) is 3. The van der Waals surface area contributed by atoms with Crippen molar-refractivity contribution < 1.29 is 22.8 Å². The Morgan fingerprint density at radius 2 is 1.96 bits per heavy atom. The van der Waals surface area contributed by atoms with E-state index in [1.807, 2.05) is 0 Å². The molecule has 3 rings (SSSR count). The zero-order chi connectivity index (χ0) is 20.3. The summed E-state index contributed by atoms with van der Waals surface area (Å²) in [5.74, 6) is -0.613. The lowest BCUT2D eigenvalue weighted by molar-refractivity contribution is -0.136. The molecule has 1 N–H and O–H groups in total. The second kappa shape index (κ2) is 8.00. The average Bonchev–Trinajstić information content (AvgIpc) is 2.67. The standard InChI is InChI=1S/C20H20F3N3O2/c1-13-5-4-10-26(12-13)19(28)14-8-9-24-17(11-14)18(27)25-16-7-3-2-6-15(16)20(21,22)23/h2-3,6-9,11,13H,4-5,10,12H2,1H3,(H,25,27). The van der Waals surface area contributed by atoms with Crippen molar-refractivity contribution in [3.63, 3.8) is 0 Å². The molecule has 1 aromatic heterocycles. The van der Waals surface area contributed by atoms with E-state index in [4.69, 9.17) is 0 Å². The van der Waals surface area contributed by atoms with Crippen LogP contribution in [-0.4, -0.2) is 34.8 Å². The SMILES string of the molecule is CC1CCCN(C(=O)c2ccnc(C(=O)Nc3ccccc3C(F)(F)F)c2)C1. The summed E-state index contributed by atoms with van der Waals surface area (Å²) in [6.45, 7) is 3.36. The van der Waals surface area contributed by atoms with Crippen LogP contribution in [0.5, 0.6) is 0 Å². The Bertz CT molecular complexity index is 883. The van der Waals surface area contributed by atoms with Crippen LogP contribution in [0.1, 0.15) is 46.2 Å². The number of pyridine rings is 1. The molecule has 0 spiro atoms. The van der Waals surface area contributed by atoms with Crippen molar-refractivity contribution in [3.8, 4) is 0 Å². The van der Waals surface area contributed by atoms with Gasteiger partial charge >= 0.3 is 6.18 Å². The lowest BCUT2D eigenvalue weighted by Crippen LogP contribution is -2.39. The van der Waals surface area contributed by atoms with Gasteiger partial charge in [-0.15, -0.1) is 0 Å². The highest BCUT2D eigenvalue weighted by Crippen LogP contribution is 2.34. The van der Waals surface area contributed by atoms with Gasteiger partial charge in [-0.2, -0.15) is 13.2 Å². The Balaban J connectivity index is 1.79. The van der Waals surface area contributed by atoms with Crippen LogP contribution in [0.3, 0.4) is 0 Å². The minimum atomic E-state index is -4.60. The molecule has 148 valence electrons. The number of likely N-dealkylation sites (tertiary alicyclic amines) is 1. The molecule has 5 nitrogen and oxygen atoms in total. The lowest BCUT2D eigenvalue weighted by atomic mass is 9.99. The number of hydrogen-bond donors (Lipinski definition) is 1. The molecule has 0 aliphatic carbocycles. The smallest absolute Gasteiger partial charge is 0.338 e. The molecule has 1 atom stereocenters.